The van der Waals surface area contributed by atoms with Crippen LogP contribution in [0.4, 0.5) is 0 Å². The molecule has 1 aromatic rings. The number of aliphatic carboxylic acids is 1. The maximum absolute atomic E-state index is 12.3. The second kappa shape index (κ2) is 9.20. The predicted octanol–water partition coefficient (Wildman–Crippen LogP) is 0.448. The Hall–Kier alpha value is -2.39. The highest BCUT2D eigenvalue weighted by Crippen LogP contribution is 2.31. The molecule has 150 valence electrons. The minimum Gasteiger partial charge on any atom is -0.480 e. The van der Waals surface area contributed by atoms with Crippen LogP contribution in [0.2, 0.25) is 0 Å². The number of nitrogens with zero attached hydrogens (tertiary/aromatic N) is 1. The fraction of sp³-hybridized carbons (Fsp3) is 0.474. The lowest BCUT2D eigenvalue weighted by Crippen LogP contribution is -2.70. The van der Waals surface area contributed by atoms with E-state index in [0.717, 1.165) is 12.0 Å². The number of nitrogens with one attached hydrogen (secondary N) is 1. The molecule has 0 aliphatic carbocycles. The van der Waals surface area contributed by atoms with Gasteiger partial charge in [-0.05, 0) is 18.4 Å². The molecular weight excluding hydrogens is 384 g/mol. The molecule has 28 heavy (non-hydrogen) atoms. The quantitative estimate of drug-likeness (QED) is 0.573. The second-order valence-electron chi connectivity index (χ2n) is 6.74. The molecule has 2 amide bonds. The Labute approximate surface area is 166 Å². The number of hydrogen-bond acceptors (Lipinski definition) is 6. The lowest BCUT2D eigenvalue weighted by atomic mass is 10.1. The van der Waals surface area contributed by atoms with E-state index < -0.39 is 35.9 Å². The summed E-state index contributed by atoms with van der Waals surface area (Å²) in [6, 6.07) is 8.27. The molecule has 0 spiro atoms. The highest BCUT2D eigenvalue weighted by molar-refractivity contribution is 8.00. The predicted molar refractivity (Wildman–Crippen MR) is 102 cm³/mol. The number of hydrogen-bond donors (Lipinski definition) is 2. The van der Waals surface area contributed by atoms with Gasteiger partial charge in [0.15, 0.2) is 5.78 Å². The van der Waals surface area contributed by atoms with Gasteiger partial charge in [-0.2, -0.15) is 0 Å². The number of carbonyl (C=O) groups is 4. The first kappa shape index (κ1) is 20.3. The highest BCUT2D eigenvalue weighted by atomic mass is 32.2. The first-order valence-corrected chi connectivity index (χ1v) is 10.1. The van der Waals surface area contributed by atoms with Gasteiger partial charge in [0.25, 0.3) is 0 Å². The monoisotopic (exact) mass is 406 g/mol. The fourth-order valence-electron chi connectivity index (χ4n) is 3.25. The van der Waals surface area contributed by atoms with Gasteiger partial charge in [-0.1, -0.05) is 30.3 Å². The first-order valence-electron chi connectivity index (χ1n) is 9.07. The van der Waals surface area contributed by atoms with Crippen LogP contribution in [0.1, 0.15) is 18.4 Å². The summed E-state index contributed by atoms with van der Waals surface area (Å²) in [5.74, 6) is -1.89. The molecule has 2 aliphatic rings. The van der Waals surface area contributed by atoms with Crippen molar-refractivity contribution in [1.29, 1.82) is 0 Å². The van der Waals surface area contributed by atoms with Crippen LogP contribution >= 0.6 is 11.8 Å². The Balaban J connectivity index is 1.59. The zero-order valence-corrected chi connectivity index (χ0v) is 16.0. The maximum Gasteiger partial charge on any atom is 0.323 e. The summed E-state index contributed by atoms with van der Waals surface area (Å²) >= 11 is 1.17. The largest absolute Gasteiger partial charge is 0.480 e. The van der Waals surface area contributed by atoms with Gasteiger partial charge in [0.05, 0.1) is 12.2 Å². The smallest absolute Gasteiger partial charge is 0.323 e. The molecule has 0 unspecified atom stereocenters. The van der Waals surface area contributed by atoms with E-state index >= 15 is 0 Å². The molecule has 0 bridgehead atoms. The highest BCUT2D eigenvalue weighted by Gasteiger charge is 2.49. The van der Waals surface area contributed by atoms with Crippen LogP contribution in [-0.4, -0.2) is 70.0 Å². The topological polar surface area (TPSA) is 113 Å². The molecule has 2 heterocycles. The van der Waals surface area contributed by atoms with Crippen molar-refractivity contribution in [3.63, 3.8) is 0 Å². The summed E-state index contributed by atoms with van der Waals surface area (Å²) in [7, 11) is 0. The van der Waals surface area contributed by atoms with E-state index in [1.54, 1.807) is 0 Å². The number of ketones is 1. The standard InChI is InChI=1S/C19H22N2O6S/c22-13(14-7-4-8-27-14)11-28-19-17(18(26)21(19)10-16(24)25)20-15(23)9-12-5-2-1-3-6-12/h1-3,5-6,14,17,19H,4,7-11H2,(H,20,23)(H,24,25)/t14-,17+,19+/m0/s1. The SMILES string of the molecule is O=C(O)CN1C(=O)[C@@H](NC(=O)Cc2ccccc2)[C@H]1SCC(=O)[C@@H]1CCCO1. The third-order valence-corrected chi connectivity index (χ3v) is 5.98. The Morgan fingerprint density at radius 3 is 2.64 bits per heavy atom. The lowest BCUT2D eigenvalue weighted by Gasteiger charge is -2.45. The number of benzene rings is 1. The van der Waals surface area contributed by atoms with Gasteiger partial charge < -0.3 is 20.1 Å². The number of carbonyl (C=O) groups excluding carboxylic acids is 3. The number of rotatable bonds is 9. The number of carboxylic acids is 1. The van der Waals surface area contributed by atoms with Crippen molar-refractivity contribution < 1.29 is 29.0 Å². The van der Waals surface area contributed by atoms with Crippen LogP contribution in [0, 0.1) is 0 Å². The Kier molecular flexibility index (Phi) is 6.69. The molecule has 2 fully saturated rings. The molecule has 8 nitrogen and oxygen atoms in total. The van der Waals surface area contributed by atoms with E-state index in [1.165, 1.54) is 16.7 Å². The average molecular weight is 406 g/mol. The Bertz CT molecular complexity index is 750. The van der Waals surface area contributed by atoms with Gasteiger partial charge in [0.1, 0.15) is 24.1 Å². The zero-order chi connectivity index (χ0) is 20.1. The van der Waals surface area contributed by atoms with Crippen molar-refractivity contribution in [3.05, 3.63) is 35.9 Å². The summed E-state index contributed by atoms with van der Waals surface area (Å²) in [6.07, 6.45) is 1.21. The number of likely N-dealkylation sites (tertiary alicyclic amines) is 1. The van der Waals surface area contributed by atoms with E-state index in [9.17, 15) is 19.2 Å². The van der Waals surface area contributed by atoms with Crippen LogP contribution in [0.25, 0.3) is 0 Å². The third-order valence-electron chi connectivity index (χ3n) is 4.66. The second-order valence-corrected chi connectivity index (χ2v) is 7.84. The van der Waals surface area contributed by atoms with Gasteiger partial charge in [0.2, 0.25) is 11.8 Å². The summed E-state index contributed by atoms with van der Waals surface area (Å²) in [4.78, 5) is 49.0. The van der Waals surface area contributed by atoms with Gasteiger partial charge >= 0.3 is 5.97 Å². The number of amides is 2. The van der Waals surface area contributed by atoms with Crippen molar-refractivity contribution in [2.24, 2.45) is 0 Å². The minimum atomic E-state index is -1.14. The number of β-lactam (4-membered cyclic amide) rings is 1. The fourth-order valence-corrected chi connectivity index (χ4v) is 4.51. The maximum atomic E-state index is 12.3. The Morgan fingerprint density at radius 2 is 2.00 bits per heavy atom. The third kappa shape index (κ3) is 4.90. The number of carboxylic acid groups (broad SMARTS) is 1. The molecule has 9 heteroatoms. The van der Waals surface area contributed by atoms with Crippen LogP contribution in [0.15, 0.2) is 30.3 Å². The first-order chi connectivity index (χ1) is 13.5. The number of Topliss-reactive ketones (excluding diaryl/α,β-unsaturated/α-hetero) is 1. The van der Waals surface area contributed by atoms with E-state index in [0.29, 0.717) is 13.0 Å². The molecule has 2 N–H and O–H groups in total. The summed E-state index contributed by atoms with van der Waals surface area (Å²) in [5, 5.41) is 11.1. The lowest BCUT2D eigenvalue weighted by molar-refractivity contribution is -0.155. The molecule has 0 radical (unpaired) electrons. The van der Waals surface area contributed by atoms with Crippen LogP contribution in [0.3, 0.4) is 0 Å². The normalized spacial score (nSPS) is 23.9. The average Bonchev–Trinajstić information content (AvgIpc) is 3.21. The van der Waals surface area contributed by atoms with E-state index in [-0.39, 0.29) is 23.9 Å². The van der Waals surface area contributed by atoms with E-state index in [4.69, 9.17) is 9.84 Å². The van der Waals surface area contributed by atoms with Crippen molar-refractivity contribution in [2.45, 2.75) is 36.8 Å². The molecular formula is C19H22N2O6S. The van der Waals surface area contributed by atoms with Crippen molar-refractivity contribution >= 4 is 35.3 Å². The molecule has 1 aromatic carbocycles. The zero-order valence-electron chi connectivity index (χ0n) is 15.2. The van der Waals surface area contributed by atoms with Gasteiger partial charge in [0, 0.05) is 6.61 Å². The number of ether oxygens (including phenoxy) is 1. The van der Waals surface area contributed by atoms with Crippen molar-refractivity contribution in [2.75, 3.05) is 18.9 Å². The van der Waals surface area contributed by atoms with Gasteiger partial charge in [-0.15, -0.1) is 11.8 Å². The van der Waals surface area contributed by atoms with Gasteiger partial charge in [-0.3, -0.25) is 19.2 Å². The van der Waals surface area contributed by atoms with Crippen LogP contribution < -0.4 is 5.32 Å². The van der Waals surface area contributed by atoms with E-state index in [1.807, 2.05) is 30.3 Å². The van der Waals surface area contributed by atoms with Crippen molar-refractivity contribution in [3.8, 4) is 0 Å². The Morgan fingerprint density at radius 1 is 1.25 bits per heavy atom. The van der Waals surface area contributed by atoms with Crippen LogP contribution in [-0.2, 0) is 30.3 Å². The molecule has 2 aliphatic heterocycles. The van der Waals surface area contributed by atoms with E-state index in [2.05, 4.69) is 5.32 Å². The number of thioether (sulfide) groups is 1. The minimum absolute atomic E-state index is 0.0773. The molecule has 3 atom stereocenters. The van der Waals surface area contributed by atoms with Gasteiger partial charge in [-0.25, -0.2) is 0 Å². The van der Waals surface area contributed by atoms with Crippen molar-refractivity contribution in [1.82, 2.24) is 10.2 Å². The molecule has 3 rings (SSSR count). The molecule has 0 saturated carbocycles. The summed E-state index contributed by atoms with van der Waals surface area (Å²) in [5.41, 5.74) is 0.812. The van der Waals surface area contributed by atoms with Crippen LogP contribution in [0.5, 0.6) is 0 Å². The summed E-state index contributed by atoms with van der Waals surface area (Å²) in [6.45, 7) is 0.0992. The molecule has 2 saturated heterocycles. The molecule has 0 aromatic heterocycles. The summed E-state index contributed by atoms with van der Waals surface area (Å²) < 4.78 is 5.36.